The van der Waals surface area contributed by atoms with Gasteiger partial charge in [0.1, 0.15) is 17.6 Å². The van der Waals surface area contributed by atoms with Crippen LogP contribution < -0.4 is 4.84 Å². The van der Waals surface area contributed by atoms with E-state index in [0.717, 1.165) is 16.3 Å². The fourth-order valence-electron chi connectivity index (χ4n) is 2.89. The fourth-order valence-corrected chi connectivity index (χ4v) is 3.82. The SMILES string of the molecule is CN(C)S(=O)(=O)c1ccc2nnn(OCc3cccc4ccccc34)c2c1. The molecule has 0 fully saturated rings. The lowest BCUT2D eigenvalue weighted by Crippen LogP contribution is -2.22. The number of fused-ring (bicyclic) bond motifs is 2. The maximum atomic E-state index is 12.4. The highest BCUT2D eigenvalue weighted by Gasteiger charge is 2.19. The summed E-state index contributed by atoms with van der Waals surface area (Å²) in [4.78, 5) is 7.25. The van der Waals surface area contributed by atoms with E-state index in [1.807, 2.05) is 42.5 Å². The van der Waals surface area contributed by atoms with Crippen molar-refractivity contribution >= 4 is 31.8 Å². The van der Waals surface area contributed by atoms with Crippen molar-refractivity contribution in [1.29, 1.82) is 0 Å². The molecule has 0 aliphatic heterocycles. The number of hydrogen-bond acceptors (Lipinski definition) is 5. The van der Waals surface area contributed by atoms with E-state index in [9.17, 15) is 8.42 Å². The molecule has 0 saturated heterocycles. The Morgan fingerprint density at radius 1 is 1.04 bits per heavy atom. The smallest absolute Gasteiger partial charge is 0.242 e. The van der Waals surface area contributed by atoms with Gasteiger partial charge in [0.15, 0.2) is 0 Å². The van der Waals surface area contributed by atoms with E-state index in [2.05, 4.69) is 10.3 Å². The van der Waals surface area contributed by atoms with Crippen LogP contribution in [0.15, 0.2) is 65.6 Å². The first-order chi connectivity index (χ1) is 13.0. The van der Waals surface area contributed by atoms with E-state index in [-0.39, 0.29) is 11.5 Å². The minimum Gasteiger partial charge on any atom is -0.390 e. The van der Waals surface area contributed by atoms with Gasteiger partial charge >= 0.3 is 0 Å². The maximum Gasteiger partial charge on any atom is 0.242 e. The Morgan fingerprint density at radius 3 is 2.63 bits per heavy atom. The quantitative estimate of drug-likeness (QED) is 0.530. The molecule has 0 atom stereocenters. The van der Waals surface area contributed by atoms with Crippen LogP contribution in [-0.2, 0) is 16.6 Å². The molecule has 138 valence electrons. The second-order valence-electron chi connectivity index (χ2n) is 6.31. The monoisotopic (exact) mass is 382 g/mol. The molecule has 0 spiro atoms. The Bertz CT molecular complexity index is 1230. The Labute approximate surface area is 156 Å². The molecule has 7 nitrogen and oxygen atoms in total. The van der Waals surface area contributed by atoms with E-state index in [1.165, 1.54) is 35.4 Å². The van der Waals surface area contributed by atoms with Crippen LogP contribution in [0, 0.1) is 0 Å². The van der Waals surface area contributed by atoms with Crippen molar-refractivity contribution in [2.75, 3.05) is 14.1 Å². The standard InChI is InChI=1S/C19H18N4O3S/c1-22(2)27(24,25)16-10-11-18-19(12-16)23(21-20-18)26-13-15-8-5-7-14-6-3-4-9-17(14)15/h3-12H,13H2,1-2H3. The molecule has 0 unspecified atom stereocenters. The minimum atomic E-state index is -3.55. The first-order valence-corrected chi connectivity index (χ1v) is 9.79. The van der Waals surface area contributed by atoms with Gasteiger partial charge in [-0.25, -0.2) is 12.7 Å². The lowest BCUT2D eigenvalue weighted by molar-refractivity contribution is 0.0758. The van der Waals surface area contributed by atoms with Gasteiger partial charge in [0.05, 0.1) is 4.90 Å². The first kappa shape index (κ1) is 17.4. The Balaban J connectivity index is 1.68. The Morgan fingerprint density at radius 2 is 1.81 bits per heavy atom. The summed E-state index contributed by atoms with van der Waals surface area (Å²) in [7, 11) is -0.566. The molecule has 0 N–H and O–H groups in total. The van der Waals surface area contributed by atoms with E-state index in [4.69, 9.17) is 4.84 Å². The van der Waals surface area contributed by atoms with Crippen molar-refractivity contribution in [1.82, 2.24) is 19.5 Å². The van der Waals surface area contributed by atoms with Crippen molar-refractivity contribution in [3.05, 3.63) is 66.2 Å². The van der Waals surface area contributed by atoms with Gasteiger partial charge in [-0.3, -0.25) is 0 Å². The van der Waals surface area contributed by atoms with Gasteiger partial charge in [0, 0.05) is 14.1 Å². The molecule has 0 aliphatic carbocycles. The molecule has 1 aromatic heterocycles. The molecule has 4 rings (SSSR count). The normalized spacial score (nSPS) is 12.1. The lowest BCUT2D eigenvalue weighted by atomic mass is 10.1. The third-order valence-electron chi connectivity index (χ3n) is 4.39. The van der Waals surface area contributed by atoms with Crippen molar-refractivity contribution in [3.8, 4) is 0 Å². The van der Waals surface area contributed by atoms with Gasteiger partial charge in [-0.15, -0.1) is 5.10 Å². The third kappa shape index (κ3) is 3.13. The van der Waals surface area contributed by atoms with Crippen LogP contribution in [0.25, 0.3) is 21.8 Å². The molecule has 0 aliphatic rings. The summed E-state index contributed by atoms with van der Waals surface area (Å²) in [5.74, 6) is 0. The number of rotatable bonds is 5. The molecule has 3 aromatic carbocycles. The molecular weight excluding hydrogens is 364 g/mol. The zero-order chi connectivity index (χ0) is 19.0. The number of benzene rings is 3. The van der Waals surface area contributed by atoms with E-state index >= 15 is 0 Å². The lowest BCUT2D eigenvalue weighted by Gasteiger charge is -2.12. The van der Waals surface area contributed by atoms with Crippen LogP contribution in [0.1, 0.15) is 5.56 Å². The fraction of sp³-hybridized carbons (Fsp3) is 0.158. The summed E-state index contributed by atoms with van der Waals surface area (Å²) in [5, 5.41) is 10.3. The highest BCUT2D eigenvalue weighted by Crippen LogP contribution is 2.21. The maximum absolute atomic E-state index is 12.4. The largest absolute Gasteiger partial charge is 0.390 e. The highest BCUT2D eigenvalue weighted by atomic mass is 32.2. The summed E-state index contributed by atoms with van der Waals surface area (Å²) in [6.45, 7) is 0.282. The van der Waals surface area contributed by atoms with Crippen molar-refractivity contribution in [2.45, 2.75) is 11.5 Å². The van der Waals surface area contributed by atoms with Gasteiger partial charge in [0.25, 0.3) is 0 Å². The van der Waals surface area contributed by atoms with Gasteiger partial charge in [-0.05, 0) is 39.7 Å². The van der Waals surface area contributed by atoms with Crippen LogP contribution in [-0.4, -0.2) is 42.0 Å². The van der Waals surface area contributed by atoms with E-state index in [0.29, 0.717) is 11.0 Å². The molecule has 8 heteroatoms. The number of sulfonamides is 1. The summed E-state index contributed by atoms with van der Waals surface area (Å²) in [5.41, 5.74) is 2.07. The molecule has 0 saturated carbocycles. The second-order valence-corrected chi connectivity index (χ2v) is 8.46. The van der Waals surface area contributed by atoms with Crippen molar-refractivity contribution in [3.63, 3.8) is 0 Å². The molecule has 0 bridgehead atoms. The average molecular weight is 382 g/mol. The predicted octanol–water partition coefficient (Wildman–Crippen LogP) is 2.46. The average Bonchev–Trinajstić information content (AvgIpc) is 3.08. The summed E-state index contributed by atoms with van der Waals surface area (Å²) >= 11 is 0. The van der Waals surface area contributed by atoms with Crippen LogP contribution in [0.2, 0.25) is 0 Å². The zero-order valence-corrected chi connectivity index (χ0v) is 15.7. The number of aromatic nitrogens is 3. The molecule has 0 amide bonds. The second kappa shape index (κ2) is 6.64. The number of hydrogen-bond donors (Lipinski definition) is 0. The molecule has 4 aromatic rings. The van der Waals surface area contributed by atoms with Gasteiger partial charge in [-0.1, -0.05) is 47.3 Å². The molecule has 27 heavy (non-hydrogen) atoms. The van der Waals surface area contributed by atoms with Crippen LogP contribution in [0.5, 0.6) is 0 Å². The predicted molar refractivity (Wildman–Crippen MR) is 103 cm³/mol. The van der Waals surface area contributed by atoms with E-state index in [1.54, 1.807) is 6.07 Å². The van der Waals surface area contributed by atoms with E-state index < -0.39 is 10.0 Å². The van der Waals surface area contributed by atoms with Crippen LogP contribution in [0.4, 0.5) is 0 Å². The van der Waals surface area contributed by atoms with Crippen molar-refractivity contribution < 1.29 is 13.3 Å². The summed E-state index contributed by atoms with van der Waals surface area (Å²) in [6.07, 6.45) is 0. The summed E-state index contributed by atoms with van der Waals surface area (Å²) in [6, 6.07) is 18.7. The van der Waals surface area contributed by atoms with Gasteiger partial charge < -0.3 is 4.84 Å². The van der Waals surface area contributed by atoms with Crippen LogP contribution in [0.3, 0.4) is 0 Å². The number of nitrogens with zero attached hydrogens (tertiary/aromatic N) is 4. The van der Waals surface area contributed by atoms with Gasteiger partial charge in [-0.2, -0.15) is 0 Å². The summed E-state index contributed by atoms with van der Waals surface area (Å²) < 4.78 is 25.9. The van der Waals surface area contributed by atoms with Gasteiger partial charge in [0.2, 0.25) is 10.0 Å². The minimum absolute atomic E-state index is 0.164. The van der Waals surface area contributed by atoms with Crippen molar-refractivity contribution in [2.24, 2.45) is 0 Å². The molecule has 1 heterocycles. The first-order valence-electron chi connectivity index (χ1n) is 8.35. The highest BCUT2D eigenvalue weighted by molar-refractivity contribution is 7.89. The Hall–Kier alpha value is -2.97. The zero-order valence-electron chi connectivity index (χ0n) is 14.9. The third-order valence-corrected chi connectivity index (χ3v) is 6.20. The topological polar surface area (TPSA) is 77.3 Å². The molecular formula is C19H18N4O3S. The molecule has 0 radical (unpaired) electrons. The Kier molecular flexibility index (Phi) is 4.29. The van der Waals surface area contributed by atoms with Crippen LogP contribution >= 0.6 is 0 Å².